The standard InChI is InChI=1S/C16H12N2O7S2/c19-16-14(27(23,24)25)9-10-8-12(26(20,21)22)6-7-13(10)15(16)18-17-11-4-2-1-3-5-11/h1-9,19H,(H,20,21,22)(H,23,24,25)/p-2. The van der Waals surface area contributed by atoms with Crippen molar-refractivity contribution >= 4 is 42.4 Å². The lowest BCUT2D eigenvalue weighted by Crippen LogP contribution is -2.01. The molecule has 0 aliphatic carbocycles. The Morgan fingerprint density at radius 2 is 1.48 bits per heavy atom. The second-order valence-corrected chi connectivity index (χ2v) is 8.13. The Bertz CT molecular complexity index is 1270. The molecule has 0 aromatic heterocycles. The normalized spacial score (nSPS) is 12.7. The summed E-state index contributed by atoms with van der Waals surface area (Å²) in [4.78, 5) is -1.63. The average Bonchev–Trinajstić information content (AvgIpc) is 2.59. The zero-order chi connectivity index (χ0) is 19.8. The number of hydrogen-bond donors (Lipinski definition) is 1. The van der Waals surface area contributed by atoms with E-state index in [0.717, 1.165) is 18.2 Å². The van der Waals surface area contributed by atoms with Gasteiger partial charge in [0.15, 0.2) is 5.75 Å². The van der Waals surface area contributed by atoms with E-state index in [2.05, 4.69) is 10.2 Å². The van der Waals surface area contributed by atoms with Gasteiger partial charge in [-0.05, 0) is 35.7 Å². The SMILES string of the molecule is O=S(=O)([O-])c1ccc2c(N=Nc3ccccc3)c(O)c(S(=O)(=O)[O-])cc2c1. The van der Waals surface area contributed by atoms with Gasteiger partial charge in [0.2, 0.25) is 0 Å². The molecule has 3 aromatic carbocycles. The van der Waals surface area contributed by atoms with Gasteiger partial charge in [-0.15, -0.1) is 5.11 Å². The molecule has 0 radical (unpaired) electrons. The van der Waals surface area contributed by atoms with Crippen LogP contribution in [0.3, 0.4) is 0 Å². The number of nitrogens with zero attached hydrogens (tertiary/aromatic N) is 2. The highest BCUT2D eigenvalue weighted by atomic mass is 32.2. The molecule has 0 aliphatic rings. The molecule has 0 atom stereocenters. The first-order valence-corrected chi connectivity index (χ1v) is 10.1. The Labute approximate surface area is 154 Å². The van der Waals surface area contributed by atoms with E-state index in [9.17, 15) is 31.0 Å². The van der Waals surface area contributed by atoms with Crippen LogP contribution in [-0.2, 0) is 20.2 Å². The van der Waals surface area contributed by atoms with Gasteiger partial charge in [-0.2, -0.15) is 5.11 Å². The third-order valence-corrected chi connectivity index (χ3v) is 5.28. The van der Waals surface area contributed by atoms with E-state index in [1.165, 1.54) is 6.07 Å². The Kier molecular flexibility index (Phi) is 4.70. The molecule has 0 heterocycles. The van der Waals surface area contributed by atoms with Gasteiger partial charge in [-0.3, -0.25) is 0 Å². The lowest BCUT2D eigenvalue weighted by atomic mass is 10.1. The number of rotatable bonds is 4. The quantitative estimate of drug-likeness (QED) is 0.515. The van der Waals surface area contributed by atoms with E-state index in [4.69, 9.17) is 0 Å². The summed E-state index contributed by atoms with van der Waals surface area (Å²) >= 11 is 0. The molecular formula is C16H10N2O7S2-2. The van der Waals surface area contributed by atoms with Gasteiger partial charge < -0.3 is 14.2 Å². The zero-order valence-electron chi connectivity index (χ0n) is 13.3. The molecule has 3 rings (SSSR count). The lowest BCUT2D eigenvalue weighted by molar-refractivity contribution is 0.436. The van der Waals surface area contributed by atoms with E-state index in [0.29, 0.717) is 5.69 Å². The van der Waals surface area contributed by atoms with Crippen LogP contribution in [0, 0.1) is 0 Å². The highest BCUT2D eigenvalue weighted by Crippen LogP contribution is 2.41. The third-order valence-electron chi connectivity index (χ3n) is 3.60. The molecule has 0 bridgehead atoms. The fraction of sp³-hybridized carbons (Fsp3) is 0. The largest absolute Gasteiger partial charge is 0.744 e. The van der Waals surface area contributed by atoms with Crippen molar-refractivity contribution in [1.29, 1.82) is 0 Å². The van der Waals surface area contributed by atoms with Crippen LogP contribution in [0.15, 0.2) is 74.6 Å². The van der Waals surface area contributed by atoms with E-state index < -0.39 is 35.8 Å². The van der Waals surface area contributed by atoms with Gasteiger partial charge in [0.1, 0.15) is 25.9 Å². The highest BCUT2D eigenvalue weighted by molar-refractivity contribution is 7.86. The minimum absolute atomic E-state index is 0.0823. The summed E-state index contributed by atoms with van der Waals surface area (Å²) in [5.74, 6) is -0.921. The summed E-state index contributed by atoms with van der Waals surface area (Å²) in [5, 5.41) is 17.9. The van der Waals surface area contributed by atoms with E-state index in [1.807, 2.05) is 0 Å². The number of phenols is 1. The number of phenolic OH excluding ortho intramolecular Hbond substituents is 1. The number of fused-ring (bicyclic) bond motifs is 1. The maximum atomic E-state index is 11.4. The van der Waals surface area contributed by atoms with Gasteiger partial charge >= 0.3 is 0 Å². The molecule has 11 heteroatoms. The number of azo groups is 1. The van der Waals surface area contributed by atoms with Crippen LogP contribution >= 0.6 is 0 Å². The summed E-state index contributed by atoms with van der Waals surface area (Å²) in [7, 11) is -9.92. The van der Waals surface area contributed by atoms with E-state index in [1.54, 1.807) is 30.3 Å². The number of hydrogen-bond acceptors (Lipinski definition) is 9. The molecule has 0 saturated heterocycles. The van der Waals surface area contributed by atoms with Crippen molar-refractivity contribution in [3.8, 4) is 5.75 Å². The first-order chi connectivity index (χ1) is 12.6. The lowest BCUT2D eigenvalue weighted by Gasteiger charge is -2.14. The van der Waals surface area contributed by atoms with E-state index >= 15 is 0 Å². The van der Waals surface area contributed by atoms with Crippen molar-refractivity contribution in [2.45, 2.75) is 9.79 Å². The second kappa shape index (κ2) is 6.70. The molecule has 9 nitrogen and oxygen atoms in total. The maximum Gasteiger partial charge on any atom is 0.161 e. The van der Waals surface area contributed by atoms with Gasteiger partial charge in [0.25, 0.3) is 0 Å². The van der Waals surface area contributed by atoms with Gasteiger partial charge in [0.05, 0.1) is 15.5 Å². The third kappa shape index (κ3) is 3.95. The predicted molar refractivity (Wildman–Crippen MR) is 92.2 cm³/mol. The van der Waals surface area contributed by atoms with Crippen LogP contribution in [0.5, 0.6) is 5.75 Å². The molecule has 1 N–H and O–H groups in total. The van der Waals surface area contributed by atoms with E-state index in [-0.39, 0.29) is 16.5 Å². The van der Waals surface area contributed by atoms with Crippen LogP contribution in [0.4, 0.5) is 11.4 Å². The van der Waals surface area contributed by atoms with Crippen LogP contribution in [0.25, 0.3) is 10.8 Å². The first-order valence-electron chi connectivity index (χ1n) is 7.26. The topological polar surface area (TPSA) is 159 Å². The van der Waals surface area contributed by atoms with Crippen LogP contribution < -0.4 is 0 Å². The van der Waals surface area contributed by atoms with Gasteiger partial charge in [-0.1, -0.05) is 24.3 Å². The van der Waals surface area contributed by atoms with Crippen LogP contribution in [-0.4, -0.2) is 31.0 Å². The zero-order valence-corrected chi connectivity index (χ0v) is 14.9. The smallest absolute Gasteiger partial charge is 0.161 e. The molecule has 140 valence electrons. The maximum absolute atomic E-state index is 11.4. The molecule has 0 saturated carbocycles. The first kappa shape index (κ1) is 18.9. The Hall–Kier alpha value is -2.86. The minimum Gasteiger partial charge on any atom is -0.744 e. The predicted octanol–water partition coefficient (Wildman–Crippen LogP) is 2.77. The number of aromatic hydroxyl groups is 1. The van der Waals surface area contributed by atoms with Crippen LogP contribution in [0.2, 0.25) is 0 Å². The summed E-state index contributed by atoms with van der Waals surface area (Å²) in [6, 6.07) is 12.1. The summed E-state index contributed by atoms with van der Waals surface area (Å²) in [5.41, 5.74) is 0.0415. The Morgan fingerprint density at radius 1 is 0.815 bits per heavy atom. The van der Waals surface area contributed by atoms with Gasteiger partial charge in [0, 0.05) is 5.39 Å². The molecule has 0 spiro atoms. The molecule has 0 fully saturated rings. The van der Waals surface area contributed by atoms with Crippen molar-refractivity contribution in [2.75, 3.05) is 0 Å². The van der Waals surface area contributed by atoms with Crippen molar-refractivity contribution in [1.82, 2.24) is 0 Å². The molecule has 0 unspecified atom stereocenters. The second-order valence-electron chi connectivity index (χ2n) is 5.40. The summed E-state index contributed by atoms with van der Waals surface area (Å²) in [6.45, 7) is 0. The molecule has 0 aliphatic heterocycles. The van der Waals surface area contributed by atoms with Crippen molar-refractivity contribution in [2.24, 2.45) is 10.2 Å². The van der Waals surface area contributed by atoms with Crippen molar-refractivity contribution in [3.63, 3.8) is 0 Å². The average molecular weight is 406 g/mol. The fourth-order valence-corrected chi connectivity index (χ4v) is 3.49. The summed E-state index contributed by atoms with van der Waals surface area (Å²) < 4.78 is 67.9. The van der Waals surface area contributed by atoms with Crippen LogP contribution in [0.1, 0.15) is 0 Å². The monoisotopic (exact) mass is 406 g/mol. The highest BCUT2D eigenvalue weighted by Gasteiger charge is 2.18. The molecule has 0 amide bonds. The van der Waals surface area contributed by atoms with Crippen molar-refractivity contribution < 1.29 is 31.0 Å². The number of benzene rings is 3. The van der Waals surface area contributed by atoms with Gasteiger partial charge in [-0.25, -0.2) is 16.8 Å². The Balaban J connectivity index is 2.33. The molecule has 3 aromatic rings. The fourth-order valence-electron chi connectivity index (χ4n) is 2.38. The summed E-state index contributed by atoms with van der Waals surface area (Å²) in [6.07, 6.45) is 0. The molecular weight excluding hydrogens is 396 g/mol. The minimum atomic E-state index is -5.11. The molecule has 27 heavy (non-hydrogen) atoms. The van der Waals surface area contributed by atoms with Crippen molar-refractivity contribution in [3.05, 3.63) is 54.6 Å². The Morgan fingerprint density at radius 3 is 2.07 bits per heavy atom.